The Balaban J connectivity index is 1.94. The van der Waals surface area contributed by atoms with Gasteiger partial charge in [0.2, 0.25) is 0 Å². The molecule has 0 saturated heterocycles. The van der Waals surface area contributed by atoms with Gasteiger partial charge in [0.25, 0.3) is 0 Å². The van der Waals surface area contributed by atoms with Crippen molar-refractivity contribution in [3.8, 4) is 11.3 Å². The number of anilines is 2. The lowest BCUT2D eigenvalue weighted by Gasteiger charge is -2.18. The summed E-state index contributed by atoms with van der Waals surface area (Å²) in [6.07, 6.45) is 0.912. The van der Waals surface area contributed by atoms with Crippen LogP contribution in [0.1, 0.15) is 23.6 Å². The average Bonchev–Trinajstić information content (AvgIpc) is 2.70. The first-order valence-electron chi connectivity index (χ1n) is 9.48. The molecule has 0 aliphatic carbocycles. The number of hydrogen-bond donors (Lipinski definition) is 1. The molecular formula is C25H24N2. The van der Waals surface area contributed by atoms with Gasteiger partial charge >= 0.3 is 0 Å². The van der Waals surface area contributed by atoms with Crippen LogP contribution in [-0.4, -0.2) is 4.98 Å². The van der Waals surface area contributed by atoms with Crippen LogP contribution in [0.5, 0.6) is 0 Å². The predicted molar refractivity (Wildman–Crippen MR) is 116 cm³/mol. The molecule has 2 nitrogen and oxygen atoms in total. The molecule has 1 N–H and O–H groups in total. The van der Waals surface area contributed by atoms with E-state index in [1.54, 1.807) is 0 Å². The van der Waals surface area contributed by atoms with Crippen molar-refractivity contribution in [2.75, 3.05) is 5.32 Å². The molecule has 0 bridgehead atoms. The van der Waals surface area contributed by atoms with Crippen LogP contribution in [0, 0.1) is 13.8 Å². The lowest BCUT2D eigenvalue weighted by molar-refractivity contribution is 1.12. The summed E-state index contributed by atoms with van der Waals surface area (Å²) < 4.78 is 0. The van der Waals surface area contributed by atoms with Gasteiger partial charge in [-0.2, -0.15) is 0 Å². The number of hydrogen-bond acceptors (Lipinski definition) is 2. The van der Waals surface area contributed by atoms with E-state index < -0.39 is 0 Å². The molecule has 0 aliphatic rings. The van der Waals surface area contributed by atoms with Crippen molar-refractivity contribution in [1.29, 1.82) is 0 Å². The number of nitrogens with one attached hydrogen (secondary N) is 1. The van der Waals surface area contributed by atoms with E-state index in [2.05, 4.69) is 98.9 Å². The third-order valence-corrected chi connectivity index (χ3v) is 4.99. The van der Waals surface area contributed by atoms with E-state index in [1.807, 2.05) is 0 Å². The Morgan fingerprint density at radius 3 is 2.07 bits per heavy atom. The molecule has 1 heterocycles. The molecule has 27 heavy (non-hydrogen) atoms. The van der Waals surface area contributed by atoms with Gasteiger partial charge in [-0.3, -0.25) is 0 Å². The highest BCUT2D eigenvalue weighted by Gasteiger charge is 2.15. The highest BCUT2D eigenvalue weighted by atomic mass is 14.9. The second kappa shape index (κ2) is 7.24. The summed E-state index contributed by atoms with van der Waals surface area (Å²) in [4.78, 5) is 5.02. The number of para-hydroxylation sites is 1. The maximum atomic E-state index is 5.02. The van der Waals surface area contributed by atoms with Crippen LogP contribution in [0.15, 0.2) is 72.8 Å². The molecule has 4 aromatic rings. The van der Waals surface area contributed by atoms with Gasteiger partial charge in [0.15, 0.2) is 0 Å². The van der Waals surface area contributed by atoms with Crippen LogP contribution in [0.4, 0.5) is 11.4 Å². The lowest BCUT2D eigenvalue weighted by atomic mass is 9.98. The van der Waals surface area contributed by atoms with Gasteiger partial charge in [0.1, 0.15) is 0 Å². The largest absolute Gasteiger partial charge is 0.355 e. The van der Waals surface area contributed by atoms with E-state index in [9.17, 15) is 0 Å². The topological polar surface area (TPSA) is 24.9 Å². The third-order valence-electron chi connectivity index (χ3n) is 4.99. The van der Waals surface area contributed by atoms with E-state index in [-0.39, 0.29) is 0 Å². The smallest absolute Gasteiger partial charge is 0.0762 e. The molecule has 0 radical (unpaired) electrons. The second-order valence-electron chi connectivity index (χ2n) is 7.04. The van der Waals surface area contributed by atoms with Gasteiger partial charge in [-0.05, 0) is 38.5 Å². The van der Waals surface area contributed by atoms with Gasteiger partial charge in [0.05, 0.1) is 16.9 Å². The molecule has 134 valence electrons. The fraction of sp³-hybridized carbons (Fsp3) is 0.160. The molecule has 3 aromatic carbocycles. The normalized spacial score (nSPS) is 10.9. The molecule has 0 aliphatic heterocycles. The summed E-state index contributed by atoms with van der Waals surface area (Å²) in [7, 11) is 0. The molecule has 0 spiro atoms. The molecule has 2 heteroatoms. The highest BCUT2D eigenvalue weighted by Crippen LogP contribution is 2.36. The van der Waals surface area contributed by atoms with Gasteiger partial charge in [0, 0.05) is 22.2 Å². The van der Waals surface area contributed by atoms with Crippen molar-refractivity contribution in [1.82, 2.24) is 4.98 Å². The zero-order valence-corrected chi connectivity index (χ0v) is 16.1. The van der Waals surface area contributed by atoms with Crippen LogP contribution >= 0.6 is 0 Å². The Morgan fingerprint density at radius 2 is 1.41 bits per heavy atom. The molecule has 4 rings (SSSR count). The Bertz CT molecular complexity index is 1080. The van der Waals surface area contributed by atoms with Gasteiger partial charge in [-0.1, -0.05) is 72.6 Å². The highest BCUT2D eigenvalue weighted by molar-refractivity contribution is 5.98. The molecule has 1 aromatic heterocycles. The second-order valence-corrected chi connectivity index (χ2v) is 7.04. The summed E-state index contributed by atoms with van der Waals surface area (Å²) in [5.41, 5.74) is 9.26. The summed E-state index contributed by atoms with van der Waals surface area (Å²) in [6.45, 7) is 6.42. The van der Waals surface area contributed by atoms with Gasteiger partial charge < -0.3 is 5.32 Å². The number of aryl methyl sites for hydroxylation is 2. The quantitative estimate of drug-likeness (QED) is 0.435. The number of rotatable bonds is 4. The summed E-state index contributed by atoms with van der Waals surface area (Å²) >= 11 is 0. The first-order chi connectivity index (χ1) is 13.2. The SMILES string of the molecule is CCc1c(-c2ccc(C)cc2)nc2ccccc2c1Nc1ccc(C)cc1. The monoisotopic (exact) mass is 352 g/mol. The number of pyridine rings is 1. The Hall–Kier alpha value is -3.13. The van der Waals surface area contributed by atoms with Crippen molar-refractivity contribution in [2.24, 2.45) is 0 Å². The summed E-state index contributed by atoms with van der Waals surface area (Å²) in [6, 6.07) is 25.6. The summed E-state index contributed by atoms with van der Waals surface area (Å²) in [5, 5.41) is 4.83. The van der Waals surface area contributed by atoms with Crippen molar-refractivity contribution in [2.45, 2.75) is 27.2 Å². The summed E-state index contributed by atoms with van der Waals surface area (Å²) in [5.74, 6) is 0. The van der Waals surface area contributed by atoms with Crippen LogP contribution in [0.25, 0.3) is 22.2 Å². The van der Waals surface area contributed by atoms with Crippen molar-refractivity contribution < 1.29 is 0 Å². The fourth-order valence-electron chi connectivity index (χ4n) is 3.47. The standard InChI is InChI=1S/C25H24N2/c1-4-21-24(19-13-9-17(2)10-14-19)27-23-8-6-5-7-22(23)25(21)26-20-15-11-18(3)12-16-20/h5-16H,4H2,1-3H3,(H,26,27). The molecule has 0 unspecified atom stereocenters. The van der Waals surface area contributed by atoms with E-state index in [0.717, 1.165) is 40.0 Å². The van der Waals surface area contributed by atoms with Crippen LogP contribution in [-0.2, 0) is 6.42 Å². The Kier molecular flexibility index (Phi) is 4.64. The van der Waals surface area contributed by atoms with Gasteiger partial charge in [-0.15, -0.1) is 0 Å². The fourth-order valence-corrected chi connectivity index (χ4v) is 3.47. The molecule has 0 saturated carbocycles. The van der Waals surface area contributed by atoms with Crippen molar-refractivity contribution in [3.05, 3.63) is 89.5 Å². The van der Waals surface area contributed by atoms with Crippen molar-refractivity contribution >= 4 is 22.3 Å². The van der Waals surface area contributed by atoms with E-state index in [1.165, 1.54) is 16.7 Å². The third kappa shape index (κ3) is 3.43. The maximum Gasteiger partial charge on any atom is 0.0762 e. The van der Waals surface area contributed by atoms with E-state index >= 15 is 0 Å². The number of aromatic nitrogens is 1. The van der Waals surface area contributed by atoms with Crippen LogP contribution < -0.4 is 5.32 Å². The van der Waals surface area contributed by atoms with Crippen LogP contribution in [0.3, 0.4) is 0 Å². The zero-order valence-electron chi connectivity index (χ0n) is 16.1. The average molecular weight is 352 g/mol. The maximum absolute atomic E-state index is 5.02. The molecule has 0 amide bonds. The number of nitrogens with zero attached hydrogens (tertiary/aromatic N) is 1. The van der Waals surface area contributed by atoms with Gasteiger partial charge in [-0.25, -0.2) is 4.98 Å². The number of fused-ring (bicyclic) bond motifs is 1. The Labute approximate surface area is 160 Å². The van der Waals surface area contributed by atoms with Crippen molar-refractivity contribution in [3.63, 3.8) is 0 Å². The minimum atomic E-state index is 0.912. The number of benzene rings is 3. The molecular weight excluding hydrogens is 328 g/mol. The van der Waals surface area contributed by atoms with E-state index in [0.29, 0.717) is 0 Å². The van der Waals surface area contributed by atoms with E-state index in [4.69, 9.17) is 4.98 Å². The predicted octanol–water partition coefficient (Wildman–Crippen LogP) is 6.82. The molecule has 0 atom stereocenters. The minimum Gasteiger partial charge on any atom is -0.355 e. The zero-order chi connectivity index (χ0) is 18.8. The lowest BCUT2D eigenvalue weighted by Crippen LogP contribution is -2.02. The Morgan fingerprint density at radius 1 is 0.778 bits per heavy atom. The molecule has 0 fully saturated rings. The van der Waals surface area contributed by atoms with Crippen LogP contribution in [0.2, 0.25) is 0 Å². The first-order valence-corrected chi connectivity index (χ1v) is 9.48. The minimum absolute atomic E-state index is 0.912. The first kappa shape index (κ1) is 17.3.